The summed E-state index contributed by atoms with van der Waals surface area (Å²) in [6, 6.07) is 19.1. The third kappa shape index (κ3) is 2.63. The van der Waals surface area contributed by atoms with E-state index in [1.165, 1.54) is 6.92 Å². The maximum absolute atomic E-state index is 13.8. The number of Topliss-reactive ketones (excluding diaryl/α,β-unsaturated/α-hetero) is 1. The molecule has 0 bridgehead atoms. The van der Waals surface area contributed by atoms with Crippen molar-refractivity contribution in [3.05, 3.63) is 77.9 Å². The molecule has 138 valence electrons. The fourth-order valence-electron chi connectivity index (χ4n) is 4.51. The van der Waals surface area contributed by atoms with Crippen LogP contribution in [-0.2, 0) is 24.7 Å². The standard InChI is InChI=1S/C23H22O4/c1-16-13-22(15-26-17(2)24)14-20(18-9-5-3-6-10-18)21(25)23(22,27-16)19-11-7-4-8-12-19/h3-12,14,16H,13,15H2,1-2H3/t16-,22-,23+/m1/s1. The van der Waals surface area contributed by atoms with Crippen LogP contribution in [0.15, 0.2) is 66.7 Å². The van der Waals surface area contributed by atoms with Crippen LogP contribution in [0.4, 0.5) is 0 Å². The Morgan fingerprint density at radius 2 is 1.74 bits per heavy atom. The van der Waals surface area contributed by atoms with Gasteiger partial charge in [0.25, 0.3) is 0 Å². The van der Waals surface area contributed by atoms with Gasteiger partial charge in [-0.1, -0.05) is 66.7 Å². The Hall–Kier alpha value is -2.72. The molecule has 1 aliphatic heterocycles. The molecular formula is C23H22O4. The van der Waals surface area contributed by atoms with Crippen LogP contribution < -0.4 is 0 Å². The number of carbonyl (C=O) groups is 2. The van der Waals surface area contributed by atoms with Gasteiger partial charge < -0.3 is 9.47 Å². The molecule has 0 aromatic heterocycles. The van der Waals surface area contributed by atoms with Crippen molar-refractivity contribution in [1.29, 1.82) is 0 Å². The zero-order valence-corrected chi connectivity index (χ0v) is 15.5. The SMILES string of the molecule is CC(=O)OC[C@@]12C=C(c3ccccc3)C(=O)[C@]1(c1ccccc1)O[C@H](C)C2. The number of benzene rings is 2. The van der Waals surface area contributed by atoms with Gasteiger partial charge in [-0.25, -0.2) is 0 Å². The van der Waals surface area contributed by atoms with Crippen molar-refractivity contribution in [3.63, 3.8) is 0 Å². The lowest BCUT2D eigenvalue weighted by Gasteiger charge is -2.37. The minimum absolute atomic E-state index is 0.0728. The van der Waals surface area contributed by atoms with Gasteiger partial charge in [0.05, 0.1) is 11.5 Å². The summed E-state index contributed by atoms with van der Waals surface area (Å²) in [4.78, 5) is 25.3. The Labute approximate surface area is 158 Å². The minimum atomic E-state index is -1.17. The van der Waals surface area contributed by atoms with Gasteiger partial charge in [-0.15, -0.1) is 0 Å². The number of carbonyl (C=O) groups excluding carboxylic acids is 2. The van der Waals surface area contributed by atoms with Crippen LogP contribution in [0.25, 0.3) is 5.57 Å². The van der Waals surface area contributed by atoms with E-state index in [4.69, 9.17) is 9.47 Å². The molecule has 0 radical (unpaired) electrons. The lowest BCUT2D eigenvalue weighted by Crippen LogP contribution is -2.47. The van der Waals surface area contributed by atoms with Gasteiger partial charge in [0.1, 0.15) is 6.61 Å². The molecule has 1 fully saturated rings. The third-order valence-electron chi connectivity index (χ3n) is 5.51. The Bertz CT molecular complexity index is 902. The number of hydrogen-bond donors (Lipinski definition) is 0. The molecular weight excluding hydrogens is 340 g/mol. The van der Waals surface area contributed by atoms with Crippen molar-refractivity contribution in [2.24, 2.45) is 5.41 Å². The monoisotopic (exact) mass is 362 g/mol. The molecule has 4 heteroatoms. The molecule has 3 atom stereocenters. The second-order valence-corrected chi connectivity index (χ2v) is 7.37. The lowest BCUT2D eigenvalue weighted by molar-refractivity contribution is -0.156. The summed E-state index contributed by atoms with van der Waals surface area (Å²) in [5, 5.41) is 0. The predicted molar refractivity (Wildman–Crippen MR) is 102 cm³/mol. The highest BCUT2D eigenvalue weighted by Gasteiger charge is 2.67. The second kappa shape index (κ2) is 6.46. The number of hydrogen-bond acceptors (Lipinski definition) is 4. The Balaban J connectivity index is 1.91. The summed E-state index contributed by atoms with van der Waals surface area (Å²) in [7, 11) is 0. The summed E-state index contributed by atoms with van der Waals surface area (Å²) < 4.78 is 11.8. The van der Waals surface area contributed by atoms with Gasteiger partial charge in [-0.05, 0) is 24.5 Å². The van der Waals surface area contributed by atoms with Crippen LogP contribution >= 0.6 is 0 Å². The van der Waals surface area contributed by atoms with E-state index in [0.29, 0.717) is 12.0 Å². The van der Waals surface area contributed by atoms with Gasteiger partial charge in [-0.2, -0.15) is 0 Å². The van der Waals surface area contributed by atoms with Crippen molar-refractivity contribution < 1.29 is 19.1 Å². The summed E-state index contributed by atoms with van der Waals surface area (Å²) in [5.74, 6) is -0.434. The third-order valence-corrected chi connectivity index (χ3v) is 5.51. The summed E-state index contributed by atoms with van der Waals surface area (Å²) >= 11 is 0. The molecule has 2 aliphatic rings. The molecule has 0 unspecified atom stereocenters. The Morgan fingerprint density at radius 3 is 2.37 bits per heavy atom. The maximum atomic E-state index is 13.8. The molecule has 0 amide bonds. The molecule has 2 aromatic rings. The maximum Gasteiger partial charge on any atom is 0.302 e. The fourth-order valence-corrected chi connectivity index (χ4v) is 4.51. The Kier molecular flexibility index (Phi) is 4.23. The van der Waals surface area contributed by atoms with Crippen molar-refractivity contribution in [1.82, 2.24) is 0 Å². The van der Waals surface area contributed by atoms with Gasteiger partial charge in [-0.3, -0.25) is 9.59 Å². The highest BCUT2D eigenvalue weighted by atomic mass is 16.5. The highest BCUT2D eigenvalue weighted by molar-refractivity contribution is 6.28. The molecule has 4 rings (SSSR count). The zero-order valence-electron chi connectivity index (χ0n) is 15.5. The molecule has 0 N–H and O–H groups in total. The largest absolute Gasteiger partial charge is 0.465 e. The van der Waals surface area contributed by atoms with Crippen molar-refractivity contribution in [2.45, 2.75) is 32.0 Å². The number of fused-ring (bicyclic) bond motifs is 1. The summed E-state index contributed by atoms with van der Waals surface area (Å²) in [6.45, 7) is 3.46. The molecule has 4 nitrogen and oxygen atoms in total. The van der Waals surface area contributed by atoms with E-state index in [0.717, 1.165) is 11.1 Å². The first-order valence-corrected chi connectivity index (χ1v) is 9.18. The van der Waals surface area contributed by atoms with Crippen LogP contribution in [0.1, 0.15) is 31.4 Å². The van der Waals surface area contributed by atoms with Crippen LogP contribution in [0.3, 0.4) is 0 Å². The number of esters is 1. The fraction of sp³-hybridized carbons (Fsp3) is 0.304. The van der Waals surface area contributed by atoms with Crippen LogP contribution in [-0.4, -0.2) is 24.5 Å². The average Bonchev–Trinajstić information content (AvgIpc) is 3.10. The van der Waals surface area contributed by atoms with E-state index in [9.17, 15) is 9.59 Å². The topological polar surface area (TPSA) is 52.6 Å². The minimum Gasteiger partial charge on any atom is -0.465 e. The van der Waals surface area contributed by atoms with E-state index >= 15 is 0 Å². The van der Waals surface area contributed by atoms with Crippen molar-refractivity contribution in [2.75, 3.05) is 6.61 Å². The molecule has 2 aromatic carbocycles. The van der Waals surface area contributed by atoms with E-state index in [-0.39, 0.29) is 24.5 Å². The van der Waals surface area contributed by atoms with E-state index in [1.54, 1.807) is 0 Å². The van der Waals surface area contributed by atoms with Gasteiger partial charge in [0, 0.05) is 12.5 Å². The normalized spacial score (nSPS) is 29.3. The van der Waals surface area contributed by atoms with Crippen molar-refractivity contribution in [3.8, 4) is 0 Å². The predicted octanol–water partition coefficient (Wildman–Crippen LogP) is 3.91. The first kappa shape index (κ1) is 17.7. The first-order valence-electron chi connectivity index (χ1n) is 9.18. The zero-order chi connectivity index (χ0) is 19.1. The van der Waals surface area contributed by atoms with Crippen LogP contribution in [0, 0.1) is 5.41 Å². The van der Waals surface area contributed by atoms with Crippen LogP contribution in [0.2, 0.25) is 0 Å². The van der Waals surface area contributed by atoms with Gasteiger partial charge in [0.15, 0.2) is 5.60 Å². The quantitative estimate of drug-likeness (QED) is 0.774. The number of ether oxygens (including phenoxy) is 2. The summed E-state index contributed by atoms with van der Waals surface area (Å²) in [5.41, 5.74) is 0.383. The summed E-state index contributed by atoms with van der Waals surface area (Å²) in [6.07, 6.45) is 2.46. The average molecular weight is 362 g/mol. The molecule has 27 heavy (non-hydrogen) atoms. The molecule has 1 aliphatic carbocycles. The van der Waals surface area contributed by atoms with E-state index in [1.807, 2.05) is 73.7 Å². The van der Waals surface area contributed by atoms with Crippen LogP contribution in [0.5, 0.6) is 0 Å². The molecule has 1 heterocycles. The number of ketones is 1. The number of rotatable bonds is 4. The molecule has 0 spiro atoms. The first-order chi connectivity index (χ1) is 13.0. The van der Waals surface area contributed by atoms with E-state index in [2.05, 4.69) is 0 Å². The highest BCUT2D eigenvalue weighted by Crippen LogP contribution is 2.61. The molecule has 0 saturated carbocycles. The van der Waals surface area contributed by atoms with Crippen molar-refractivity contribution >= 4 is 17.3 Å². The van der Waals surface area contributed by atoms with Gasteiger partial charge >= 0.3 is 5.97 Å². The smallest absolute Gasteiger partial charge is 0.302 e. The Morgan fingerprint density at radius 1 is 1.11 bits per heavy atom. The van der Waals surface area contributed by atoms with Gasteiger partial charge in [0.2, 0.25) is 5.78 Å². The van der Waals surface area contributed by atoms with E-state index < -0.39 is 11.0 Å². The molecule has 1 saturated heterocycles. The lowest BCUT2D eigenvalue weighted by atomic mass is 9.70. The second-order valence-electron chi connectivity index (χ2n) is 7.37.